The molecule has 1 fully saturated rings. The maximum Gasteiger partial charge on any atom is 0.231 e. The molecule has 1 atom stereocenters. The lowest BCUT2D eigenvalue weighted by Crippen LogP contribution is -2.58. The van der Waals surface area contributed by atoms with Crippen molar-refractivity contribution >= 4 is 24.5 Å². The first kappa shape index (κ1) is 16.5. The molecule has 0 bridgehead atoms. The van der Waals surface area contributed by atoms with Crippen molar-refractivity contribution in [1.82, 2.24) is 10.2 Å². The van der Waals surface area contributed by atoms with E-state index in [1.54, 1.807) is 19.1 Å². The Labute approximate surface area is 145 Å². The highest BCUT2D eigenvalue weighted by Gasteiger charge is 2.39. The summed E-state index contributed by atoms with van der Waals surface area (Å²) >= 11 is 4.27. The lowest BCUT2D eigenvalue weighted by molar-refractivity contribution is -0.129. The van der Waals surface area contributed by atoms with Crippen molar-refractivity contribution in [2.45, 2.75) is 23.8 Å². The third kappa shape index (κ3) is 2.89. The molecule has 0 spiro atoms. The molecule has 0 aliphatic carbocycles. The number of nitrogens with one attached hydrogen (secondary N) is 2. The van der Waals surface area contributed by atoms with Gasteiger partial charge in [-0.2, -0.15) is 0 Å². The SMILES string of the molecule is CN1C(=N)N[C@](C)(c2cc(-c3ccc(S)cc3)ccc2F)CC1=O. The van der Waals surface area contributed by atoms with Crippen molar-refractivity contribution in [3.05, 3.63) is 53.8 Å². The first-order chi connectivity index (χ1) is 11.3. The Morgan fingerprint density at radius 2 is 1.83 bits per heavy atom. The Hall–Kier alpha value is -2.34. The quantitative estimate of drug-likeness (QED) is 0.732. The molecule has 2 N–H and O–H groups in total. The molecule has 1 amide bonds. The molecular weight excluding hydrogens is 325 g/mol. The number of halogens is 1. The number of rotatable bonds is 2. The van der Waals surface area contributed by atoms with E-state index in [-0.39, 0.29) is 18.3 Å². The van der Waals surface area contributed by atoms with E-state index in [0.29, 0.717) is 5.56 Å². The van der Waals surface area contributed by atoms with E-state index in [1.165, 1.54) is 18.0 Å². The van der Waals surface area contributed by atoms with Gasteiger partial charge in [-0.1, -0.05) is 18.2 Å². The van der Waals surface area contributed by atoms with Crippen LogP contribution in [0.3, 0.4) is 0 Å². The van der Waals surface area contributed by atoms with Crippen LogP contribution < -0.4 is 5.32 Å². The van der Waals surface area contributed by atoms with Gasteiger partial charge in [-0.25, -0.2) is 4.39 Å². The predicted molar refractivity (Wildman–Crippen MR) is 94.7 cm³/mol. The Kier molecular flexibility index (Phi) is 4.09. The van der Waals surface area contributed by atoms with Gasteiger partial charge in [0.2, 0.25) is 5.91 Å². The number of amides is 1. The van der Waals surface area contributed by atoms with Crippen molar-refractivity contribution < 1.29 is 9.18 Å². The number of hydrogen-bond acceptors (Lipinski definition) is 3. The van der Waals surface area contributed by atoms with Gasteiger partial charge in [0.25, 0.3) is 0 Å². The number of thiol groups is 1. The first-order valence-electron chi connectivity index (χ1n) is 7.53. The molecule has 1 aliphatic rings. The molecule has 3 rings (SSSR count). The minimum absolute atomic E-state index is 0.0296. The largest absolute Gasteiger partial charge is 0.346 e. The van der Waals surface area contributed by atoms with Gasteiger partial charge in [-0.05, 0) is 42.3 Å². The molecule has 1 saturated heterocycles. The van der Waals surface area contributed by atoms with Gasteiger partial charge >= 0.3 is 0 Å². The highest BCUT2D eigenvalue weighted by atomic mass is 32.1. The molecule has 6 heteroatoms. The van der Waals surface area contributed by atoms with Crippen LogP contribution in [0.5, 0.6) is 0 Å². The monoisotopic (exact) mass is 343 g/mol. The maximum absolute atomic E-state index is 14.5. The lowest BCUT2D eigenvalue weighted by Gasteiger charge is -2.39. The molecule has 124 valence electrons. The fraction of sp³-hybridized carbons (Fsp3) is 0.222. The number of guanidine groups is 1. The van der Waals surface area contributed by atoms with Gasteiger partial charge < -0.3 is 5.32 Å². The minimum atomic E-state index is -0.954. The van der Waals surface area contributed by atoms with Crippen LogP contribution in [0.2, 0.25) is 0 Å². The fourth-order valence-corrected chi connectivity index (χ4v) is 3.03. The number of benzene rings is 2. The lowest BCUT2D eigenvalue weighted by atomic mass is 9.84. The number of nitrogens with zero attached hydrogens (tertiary/aromatic N) is 1. The summed E-state index contributed by atoms with van der Waals surface area (Å²) in [5, 5.41) is 10.9. The average Bonchev–Trinajstić information content (AvgIpc) is 2.54. The second-order valence-electron chi connectivity index (χ2n) is 6.18. The zero-order valence-electron chi connectivity index (χ0n) is 13.4. The summed E-state index contributed by atoms with van der Waals surface area (Å²) in [6.45, 7) is 1.74. The van der Waals surface area contributed by atoms with Crippen molar-refractivity contribution in [3.63, 3.8) is 0 Å². The molecule has 0 radical (unpaired) electrons. The summed E-state index contributed by atoms with van der Waals surface area (Å²) in [5.74, 6) is -0.645. The minimum Gasteiger partial charge on any atom is -0.346 e. The predicted octanol–water partition coefficient (Wildman–Crippen LogP) is 3.38. The van der Waals surface area contributed by atoms with E-state index in [9.17, 15) is 9.18 Å². The van der Waals surface area contributed by atoms with Crippen LogP contribution in [0.1, 0.15) is 18.9 Å². The van der Waals surface area contributed by atoms with E-state index in [4.69, 9.17) is 5.41 Å². The van der Waals surface area contributed by atoms with Gasteiger partial charge in [0.05, 0.1) is 12.0 Å². The Bertz CT molecular complexity index is 802. The van der Waals surface area contributed by atoms with Crippen LogP contribution >= 0.6 is 12.6 Å². The molecule has 2 aromatic carbocycles. The number of hydrogen-bond donors (Lipinski definition) is 3. The maximum atomic E-state index is 14.5. The molecule has 0 saturated carbocycles. The average molecular weight is 343 g/mol. The zero-order chi connectivity index (χ0) is 17.5. The van der Waals surface area contributed by atoms with E-state index in [1.807, 2.05) is 24.3 Å². The summed E-state index contributed by atoms with van der Waals surface area (Å²) in [7, 11) is 1.53. The molecule has 1 aliphatic heterocycles. The molecule has 2 aromatic rings. The van der Waals surface area contributed by atoms with E-state index >= 15 is 0 Å². The normalized spacial score (nSPS) is 20.9. The molecular formula is C18H18FN3OS. The van der Waals surface area contributed by atoms with Crippen LogP contribution in [0.15, 0.2) is 47.4 Å². The van der Waals surface area contributed by atoms with Crippen LogP contribution in [-0.4, -0.2) is 23.8 Å². The first-order valence-corrected chi connectivity index (χ1v) is 7.97. The molecule has 24 heavy (non-hydrogen) atoms. The van der Waals surface area contributed by atoms with Gasteiger partial charge in [0.15, 0.2) is 5.96 Å². The van der Waals surface area contributed by atoms with E-state index < -0.39 is 11.4 Å². The van der Waals surface area contributed by atoms with E-state index in [0.717, 1.165) is 16.0 Å². The van der Waals surface area contributed by atoms with Gasteiger partial charge in [0, 0.05) is 17.5 Å². The third-order valence-electron chi connectivity index (χ3n) is 4.37. The highest BCUT2D eigenvalue weighted by molar-refractivity contribution is 7.80. The van der Waals surface area contributed by atoms with Crippen LogP contribution in [0, 0.1) is 11.2 Å². The molecule has 0 unspecified atom stereocenters. The van der Waals surface area contributed by atoms with Crippen LogP contribution in [0.4, 0.5) is 4.39 Å². The van der Waals surface area contributed by atoms with Crippen LogP contribution in [-0.2, 0) is 10.3 Å². The van der Waals surface area contributed by atoms with Gasteiger partial charge in [-0.3, -0.25) is 15.1 Å². The van der Waals surface area contributed by atoms with Crippen LogP contribution in [0.25, 0.3) is 11.1 Å². The summed E-state index contributed by atoms with van der Waals surface area (Å²) in [6, 6.07) is 12.4. The van der Waals surface area contributed by atoms with Gasteiger partial charge in [0.1, 0.15) is 5.82 Å². The topological polar surface area (TPSA) is 56.2 Å². The third-order valence-corrected chi connectivity index (χ3v) is 4.67. The second-order valence-corrected chi connectivity index (χ2v) is 6.69. The van der Waals surface area contributed by atoms with E-state index in [2.05, 4.69) is 17.9 Å². The Balaban J connectivity index is 2.04. The smallest absolute Gasteiger partial charge is 0.231 e. The Morgan fingerprint density at radius 3 is 2.46 bits per heavy atom. The second kappa shape index (κ2) is 5.94. The highest BCUT2D eigenvalue weighted by Crippen LogP contribution is 2.33. The van der Waals surface area contributed by atoms with Crippen molar-refractivity contribution in [3.8, 4) is 11.1 Å². The summed E-state index contributed by atoms with van der Waals surface area (Å²) in [6.07, 6.45) is 0.0851. The molecule has 1 heterocycles. The van der Waals surface area contributed by atoms with Crippen molar-refractivity contribution in [1.29, 1.82) is 5.41 Å². The zero-order valence-corrected chi connectivity index (χ0v) is 14.3. The Morgan fingerprint density at radius 1 is 1.21 bits per heavy atom. The van der Waals surface area contributed by atoms with Crippen molar-refractivity contribution in [2.24, 2.45) is 0 Å². The summed E-state index contributed by atoms with van der Waals surface area (Å²) in [4.78, 5) is 14.2. The molecule has 0 aromatic heterocycles. The fourth-order valence-electron chi connectivity index (χ4n) is 2.88. The standard InChI is InChI=1S/C18H18FN3OS/c1-18(10-16(23)22(2)17(20)21-18)14-9-12(5-8-15(14)19)11-3-6-13(24)7-4-11/h3-9,24H,10H2,1-2H3,(H2,20,21)/t18-/m0/s1. The van der Waals surface area contributed by atoms with Gasteiger partial charge in [-0.15, -0.1) is 12.6 Å². The summed E-state index contributed by atoms with van der Waals surface area (Å²) in [5.41, 5.74) is 1.21. The molecule has 4 nitrogen and oxygen atoms in total. The van der Waals surface area contributed by atoms with Crippen molar-refractivity contribution in [2.75, 3.05) is 7.05 Å². The number of carbonyl (C=O) groups excluding carboxylic acids is 1. The number of carbonyl (C=O) groups is 1. The summed E-state index contributed by atoms with van der Waals surface area (Å²) < 4.78 is 14.5.